The van der Waals surface area contributed by atoms with Crippen LogP contribution >= 0.6 is 22.9 Å². The molecule has 0 fully saturated rings. The minimum atomic E-state index is 0.463. The van der Waals surface area contributed by atoms with Gasteiger partial charge in [-0.15, -0.1) is 11.3 Å². The van der Waals surface area contributed by atoms with E-state index in [0.29, 0.717) is 29.7 Å². The largest absolute Gasteiger partial charge is 0.493 e. The molecule has 4 nitrogen and oxygen atoms in total. The van der Waals surface area contributed by atoms with Crippen molar-refractivity contribution in [2.24, 2.45) is 0 Å². The molecule has 6 heteroatoms. The maximum atomic E-state index is 6.41. The second-order valence-corrected chi connectivity index (χ2v) is 6.86. The molecule has 0 bridgehead atoms. The highest BCUT2D eigenvalue weighted by molar-refractivity contribution is 7.13. The summed E-state index contributed by atoms with van der Waals surface area (Å²) in [5.74, 6) is 1.29. The van der Waals surface area contributed by atoms with Crippen LogP contribution in [-0.4, -0.2) is 12.1 Å². The van der Waals surface area contributed by atoms with E-state index in [2.05, 4.69) is 29.4 Å². The molecule has 0 amide bonds. The van der Waals surface area contributed by atoms with Crippen LogP contribution in [0.5, 0.6) is 11.5 Å². The van der Waals surface area contributed by atoms with Crippen molar-refractivity contribution in [3.05, 3.63) is 69.7 Å². The monoisotopic (exact) mass is 374 g/mol. The van der Waals surface area contributed by atoms with Crippen LogP contribution in [0.2, 0.25) is 5.02 Å². The third kappa shape index (κ3) is 4.65. The number of halogens is 1. The summed E-state index contributed by atoms with van der Waals surface area (Å²) in [5, 5.41) is 6.65. The van der Waals surface area contributed by atoms with E-state index >= 15 is 0 Å². The lowest BCUT2D eigenvalue weighted by molar-refractivity contribution is 0.284. The van der Waals surface area contributed by atoms with Crippen molar-refractivity contribution in [3.8, 4) is 11.5 Å². The molecule has 0 aliphatic rings. The van der Waals surface area contributed by atoms with Crippen molar-refractivity contribution < 1.29 is 9.47 Å². The molecular weight excluding hydrogens is 356 g/mol. The highest BCUT2D eigenvalue weighted by Crippen LogP contribution is 2.34. The maximum Gasteiger partial charge on any atom is 0.182 e. The first-order valence-corrected chi connectivity index (χ1v) is 9.09. The SMILES string of the molecule is COc1cc(CNc2nccs2)c(Cl)cc1OCc1cccc(C)c1. The summed E-state index contributed by atoms with van der Waals surface area (Å²) in [6.45, 7) is 3.09. The van der Waals surface area contributed by atoms with Gasteiger partial charge in [-0.05, 0) is 24.1 Å². The molecule has 0 spiro atoms. The third-order valence-electron chi connectivity index (χ3n) is 3.67. The number of thiazole rings is 1. The molecule has 0 radical (unpaired) electrons. The zero-order chi connectivity index (χ0) is 17.6. The molecule has 0 atom stereocenters. The Morgan fingerprint density at radius 3 is 2.80 bits per heavy atom. The van der Waals surface area contributed by atoms with Crippen LogP contribution in [0.1, 0.15) is 16.7 Å². The topological polar surface area (TPSA) is 43.4 Å². The Morgan fingerprint density at radius 2 is 2.08 bits per heavy atom. The van der Waals surface area contributed by atoms with Gasteiger partial charge in [0.05, 0.1) is 7.11 Å². The van der Waals surface area contributed by atoms with Crippen LogP contribution in [0, 0.1) is 6.92 Å². The summed E-state index contributed by atoms with van der Waals surface area (Å²) in [6, 6.07) is 11.9. The van der Waals surface area contributed by atoms with Crippen molar-refractivity contribution in [3.63, 3.8) is 0 Å². The van der Waals surface area contributed by atoms with Crippen LogP contribution in [0.15, 0.2) is 48.0 Å². The second-order valence-electron chi connectivity index (χ2n) is 5.56. The lowest BCUT2D eigenvalue weighted by Crippen LogP contribution is -2.02. The summed E-state index contributed by atoms with van der Waals surface area (Å²) in [5.41, 5.74) is 3.24. The summed E-state index contributed by atoms with van der Waals surface area (Å²) in [7, 11) is 1.63. The van der Waals surface area contributed by atoms with Gasteiger partial charge in [0.2, 0.25) is 0 Å². The minimum absolute atomic E-state index is 0.463. The van der Waals surface area contributed by atoms with Crippen molar-refractivity contribution in [2.75, 3.05) is 12.4 Å². The molecule has 3 rings (SSSR count). The van der Waals surface area contributed by atoms with E-state index in [-0.39, 0.29) is 0 Å². The second kappa shape index (κ2) is 8.23. The summed E-state index contributed by atoms with van der Waals surface area (Å²) in [4.78, 5) is 4.20. The van der Waals surface area contributed by atoms with E-state index in [1.807, 2.05) is 23.6 Å². The summed E-state index contributed by atoms with van der Waals surface area (Å²) in [6.07, 6.45) is 1.76. The Hall–Kier alpha value is -2.24. The van der Waals surface area contributed by atoms with Gasteiger partial charge in [-0.2, -0.15) is 0 Å². The molecule has 25 heavy (non-hydrogen) atoms. The number of aryl methyl sites for hydroxylation is 1. The van der Waals surface area contributed by atoms with Gasteiger partial charge in [0.25, 0.3) is 0 Å². The van der Waals surface area contributed by atoms with E-state index in [1.165, 1.54) is 5.56 Å². The standard InChI is InChI=1S/C19H19ClN2O2S/c1-13-4-3-5-14(8-13)12-24-18-10-16(20)15(9-17(18)23-2)11-22-19-21-6-7-25-19/h3-10H,11-12H2,1-2H3,(H,21,22). The average molecular weight is 375 g/mol. The fraction of sp³-hybridized carbons (Fsp3) is 0.211. The van der Waals surface area contributed by atoms with Crippen molar-refractivity contribution in [2.45, 2.75) is 20.1 Å². The highest BCUT2D eigenvalue weighted by Gasteiger charge is 2.11. The Labute approximate surface area is 156 Å². The molecule has 0 aliphatic heterocycles. The molecule has 0 saturated carbocycles. The van der Waals surface area contributed by atoms with Crippen molar-refractivity contribution in [1.82, 2.24) is 4.98 Å². The average Bonchev–Trinajstić information content (AvgIpc) is 3.12. The molecular formula is C19H19ClN2O2S. The Bertz CT molecular complexity index is 837. The summed E-state index contributed by atoms with van der Waals surface area (Å²) < 4.78 is 11.4. The molecule has 1 N–H and O–H groups in total. The molecule has 130 valence electrons. The quantitative estimate of drug-likeness (QED) is 0.609. The lowest BCUT2D eigenvalue weighted by atomic mass is 10.1. The molecule has 0 aliphatic carbocycles. The fourth-order valence-corrected chi connectivity index (χ4v) is 3.18. The first-order valence-electron chi connectivity index (χ1n) is 7.84. The van der Waals surface area contributed by atoms with Gasteiger partial charge in [0, 0.05) is 29.2 Å². The molecule has 0 saturated heterocycles. The van der Waals surface area contributed by atoms with Crippen LogP contribution in [-0.2, 0) is 13.2 Å². The predicted molar refractivity (Wildman–Crippen MR) is 103 cm³/mol. The van der Waals surface area contributed by atoms with Gasteiger partial charge in [0.15, 0.2) is 16.6 Å². The molecule has 1 heterocycles. The smallest absolute Gasteiger partial charge is 0.182 e. The van der Waals surface area contributed by atoms with Crippen LogP contribution in [0.3, 0.4) is 0 Å². The van der Waals surface area contributed by atoms with E-state index in [1.54, 1.807) is 30.7 Å². The number of rotatable bonds is 7. The first-order chi connectivity index (χ1) is 12.2. The molecule has 0 unspecified atom stereocenters. The summed E-state index contributed by atoms with van der Waals surface area (Å²) >= 11 is 7.96. The van der Waals surface area contributed by atoms with Crippen LogP contribution < -0.4 is 14.8 Å². The number of aromatic nitrogens is 1. The van der Waals surface area contributed by atoms with Gasteiger partial charge in [-0.1, -0.05) is 41.4 Å². The maximum absolute atomic E-state index is 6.41. The fourth-order valence-electron chi connectivity index (χ4n) is 2.43. The number of nitrogens with zero attached hydrogens (tertiary/aromatic N) is 1. The highest BCUT2D eigenvalue weighted by atomic mass is 35.5. The number of methoxy groups -OCH3 is 1. The number of nitrogens with one attached hydrogen (secondary N) is 1. The lowest BCUT2D eigenvalue weighted by Gasteiger charge is -2.14. The van der Waals surface area contributed by atoms with E-state index in [0.717, 1.165) is 16.3 Å². The van der Waals surface area contributed by atoms with Crippen molar-refractivity contribution in [1.29, 1.82) is 0 Å². The predicted octanol–water partition coefficient (Wildman–Crippen LogP) is 5.30. The normalized spacial score (nSPS) is 10.5. The van der Waals surface area contributed by atoms with E-state index in [4.69, 9.17) is 21.1 Å². The molecule has 1 aromatic heterocycles. The molecule has 3 aromatic rings. The van der Waals surface area contributed by atoms with Gasteiger partial charge >= 0.3 is 0 Å². The van der Waals surface area contributed by atoms with Gasteiger partial charge in [0.1, 0.15) is 6.61 Å². The number of benzene rings is 2. The number of ether oxygens (including phenoxy) is 2. The van der Waals surface area contributed by atoms with Crippen LogP contribution in [0.25, 0.3) is 0 Å². The zero-order valence-electron chi connectivity index (χ0n) is 14.1. The zero-order valence-corrected chi connectivity index (χ0v) is 15.7. The van der Waals surface area contributed by atoms with E-state index < -0.39 is 0 Å². The Morgan fingerprint density at radius 1 is 1.20 bits per heavy atom. The number of anilines is 1. The Kier molecular flexibility index (Phi) is 5.79. The Balaban J connectivity index is 1.72. The van der Waals surface area contributed by atoms with Crippen molar-refractivity contribution >= 4 is 28.1 Å². The van der Waals surface area contributed by atoms with Gasteiger partial charge < -0.3 is 14.8 Å². The van der Waals surface area contributed by atoms with Gasteiger partial charge in [-0.3, -0.25) is 0 Å². The molecule has 2 aromatic carbocycles. The van der Waals surface area contributed by atoms with E-state index in [9.17, 15) is 0 Å². The first kappa shape index (κ1) is 17.6. The number of hydrogen-bond acceptors (Lipinski definition) is 5. The number of hydrogen-bond donors (Lipinski definition) is 1. The third-order valence-corrected chi connectivity index (χ3v) is 4.75. The van der Waals surface area contributed by atoms with Crippen LogP contribution in [0.4, 0.5) is 5.13 Å². The van der Waals surface area contributed by atoms with Gasteiger partial charge in [-0.25, -0.2) is 4.98 Å². The minimum Gasteiger partial charge on any atom is -0.493 e.